The van der Waals surface area contributed by atoms with Crippen molar-refractivity contribution in [3.8, 4) is 11.5 Å². The lowest BCUT2D eigenvalue weighted by molar-refractivity contribution is -0.123. The molecule has 0 radical (unpaired) electrons. The molecule has 2 aromatic rings. The fraction of sp³-hybridized carbons (Fsp3) is 0.278. The number of methoxy groups -OCH3 is 2. The zero-order chi connectivity index (χ0) is 16.8. The third-order valence-corrected chi connectivity index (χ3v) is 3.71. The van der Waals surface area contributed by atoms with Crippen molar-refractivity contribution in [2.75, 3.05) is 14.2 Å². The van der Waals surface area contributed by atoms with Gasteiger partial charge in [0.2, 0.25) is 5.91 Å². The maximum Gasteiger partial charge on any atom is 0.241 e. The van der Waals surface area contributed by atoms with Crippen LogP contribution in [0.5, 0.6) is 11.5 Å². The second kappa shape index (κ2) is 7.65. The van der Waals surface area contributed by atoms with Crippen molar-refractivity contribution in [3.05, 3.63) is 59.7 Å². The van der Waals surface area contributed by atoms with Crippen LogP contribution >= 0.6 is 0 Å². The van der Waals surface area contributed by atoms with Crippen LogP contribution in [0.2, 0.25) is 0 Å². The highest BCUT2D eigenvalue weighted by molar-refractivity contribution is 5.83. The second-order valence-electron chi connectivity index (χ2n) is 5.23. The van der Waals surface area contributed by atoms with Crippen LogP contribution in [0, 0.1) is 0 Å². The summed E-state index contributed by atoms with van der Waals surface area (Å²) in [6, 6.07) is 13.9. The maximum atomic E-state index is 12.3. The number of nitrogens with one attached hydrogen (secondary N) is 1. The van der Waals surface area contributed by atoms with Crippen molar-refractivity contribution in [1.29, 1.82) is 0 Å². The Morgan fingerprint density at radius 2 is 1.65 bits per heavy atom. The van der Waals surface area contributed by atoms with Gasteiger partial charge in [0.15, 0.2) is 11.5 Å². The highest BCUT2D eigenvalue weighted by Gasteiger charge is 2.19. The summed E-state index contributed by atoms with van der Waals surface area (Å²) in [5.41, 5.74) is 7.71. The number of ether oxygens (including phenoxy) is 2. The summed E-state index contributed by atoms with van der Waals surface area (Å²) >= 11 is 0. The molecule has 23 heavy (non-hydrogen) atoms. The van der Waals surface area contributed by atoms with Crippen LogP contribution in [-0.4, -0.2) is 20.1 Å². The number of rotatable bonds is 6. The normalized spacial score (nSPS) is 13.0. The van der Waals surface area contributed by atoms with Crippen molar-refractivity contribution >= 4 is 5.91 Å². The first-order chi connectivity index (χ1) is 11.1. The van der Waals surface area contributed by atoms with Gasteiger partial charge in [0.05, 0.1) is 20.3 Å². The van der Waals surface area contributed by atoms with Gasteiger partial charge in [-0.05, 0) is 30.2 Å². The zero-order valence-corrected chi connectivity index (χ0v) is 13.6. The summed E-state index contributed by atoms with van der Waals surface area (Å²) in [6.45, 7) is 1.90. The molecule has 0 spiro atoms. The Labute approximate surface area is 136 Å². The maximum absolute atomic E-state index is 12.3. The Bertz CT molecular complexity index is 659. The molecule has 2 aromatic carbocycles. The van der Waals surface area contributed by atoms with Crippen molar-refractivity contribution in [1.82, 2.24) is 5.32 Å². The quantitative estimate of drug-likeness (QED) is 0.859. The molecule has 0 aliphatic rings. The first-order valence-electron chi connectivity index (χ1n) is 7.39. The largest absolute Gasteiger partial charge is 0.493 e. The average molecular weight is 314 g/mol. The Morgan fingerprint density at radius 3 is 2.26 bits per heavy atom. The highest BCUT2D eigenvalue weighted by Crippen LogP contribution is 2.30. The molecule has 1 amide bonds. The summed E-state index contributed by atoms with van der Waals surface area (Å²) in [5.74, 6) is 1.05. The highest BCUT2D eigenvalue weighted by atomic mass is 16.5. The number of carbonyl (C=O) groups is 1. The van der Waals surface area contributed by atoms with Crippen LogP contribution in [0.15, 0.2) is 48.5 Å². The van der Waals surface area contributed by atoms with Crippen LogP contribution in [0.3, 0.4) is 0 Å². The minimum atomic E-state index is -0.696. The van der Waals surface area contributed by atoms with E-state index in [2.05, 4.69) is 5.32 Å². The molecule has 122 valence electrons. The van der Waals surface area contributed by atoms with Gasteiger partial charge in [-0.2, -0.15) is 0 Å². The van der Waals surface area contributed by atoms with E-state index < -0.39 is 6.04 Å². The number of benzene rings is 2. The standard InChI is InChI=1S/C18H22N2O3/c1-12(14-9-10-15(22-2)16(11-14)23-3)20-18(21)17(19)13-7-5-4-6-8-13/h4-12,17H,19H2,1-3H3,(H,20,21). The lowest BCUT2D eigenvalue weighted by Crippen LogP contribution is -2.35. The van der Waals surface area contributed by atoms with Crippen molar-refractivity contribution in [2.24, 2.45) is 5.73 Å². The molecule has 0 saturated carbocycles. The van der Waals surface area contributed by atoms with Crippen LogP contribution in [0.25, 0.3) is 0 Å². The van der Waals surface area contributed by atoms with E-state index in [0.717, 1.165) is 11.1 Å². The van der Waals surface area contributed by atoms with E-state index in [1.54, 1.807) is 14.2 Å². The second-order valence-corrected chi connectivity index (χ2v) is 5.23. The van der Waals surface area contributed by atoms with Crippen LogP contribution in [0.4, 0.5) is 0 Å². The molecule has 0 bridgehead atoms. The predicted molar refractivity (Wildman–Crippen MR) is 89.5 cm³/mol. The molecule has 0 aromatic heterocycles. The van der Waals surface area contributed by atoms with E-state index in [1.807, 2.05) is 55.5 Å². The van der Waals surface area contributed by atoms with Crippen molar-refractivity contribution in [3.63, 3.8) is 0 Å². The number of nitrogens with two attached hydrogens (primary N) is 1. The smallest absolute Gasteiger partial charge is 0.241 e. The molecule has 0 heterocycles. The topological polar surface area (TPSA) is 73.6 Å². The van der Waals surface area contributed by atoms with Crippen LogP contribution in [0.1, 0.15) is 30.1 Å². The molecule has 5 heteroatoms. The first kappa shape index (κ1) is 16.8. The molecule has 2 unspecified atom stereocenters. The Kier molecular flexibility index (Phi) is 5.60. The number of amides is 1. The van der Waals surface area contributed by atoms with E-state index in [9.17, 15) is 4.79 Å². The lowest BCUT2D eigenvalue weighted by Gasteiger charge is -2.19. The zero-order valence-electron chi connectivity index (χ0n) is 13.6. The predicted octanol–water partition coefficient (Wildman–Crippen LogP) is 2.58. The Balaban J connectivity index is 2.09. The molecule has 2 rings (SSSR count). The molecular formula is C18H22N2O3. The first-order valence-corrected chi connectivity index (χ1v) is 7.39. The monoisotopic (exact) mass is 314 g/mol. The SMILES string of the molecule is COc1ccc(C(C)NC(=O)C(N)c2ccccc2)cc1OC. The van der Waals surface area contributed by atoms with E-state index in [-0.39, 0.29) is 11.9 Å². The fourth-order valence-electron chi connectivity index (χ4n) is 2.32. The molecule has 5 nitrogen and oxygen atoms in total. The number of hydrogen-bond acceptors (Lipinski definition) is 4. The van der Waals surface area contributed by atoms with Gasteiger partial charge in [-0.3, -0.25) is 4.79 Å². The molecule has 0 aliphatic heterocycles. The number of hydrogen-bond donors (Lipinski definition) is 2. The summed E-state index contributed by atoms with van der Waals surface area (Å²) in [6.07, 6.45) is 0. The van der Waals surface area contributed by atoms with E-state index in [1.165, 1.54) is 0 Å². The molecule has 0 saturated heterocycles. The van der Waals surface area contributed by atoms with Crippen LogP contribution in [-0.2, 0) is 4.79 Å². The van der Waals surface area contributed by atoms with Gasteiger partial charge in [-0.25, -0.2) is 0 Å². The fourth-order valence-corrected chi connectivity index (χ4v) is 2.32. The molecular weight excluding hydrogens is 292 g/mol. The van der Waals surface area contributed by atoms with Crippen molar-refractivity contribution < 1.29 is 14.3 Å². The van der Waals surface area contributed by atoms with Gasteiger partial charge >= 0.3 is 0 Å². The third-order valence-electron chi connectivity index (χ3n) is 3.71. The Hall–Kier alpha value is -2.53. The summed E-state index contributed by atoms with van der Waals surface area (Å²) in [4.78, 5) is 12.3. The lowest BCUT2D eigenvalue weighted by atomic mass is 10.0. The molecule has 3 N–H and O–H groups in total. The van der Waals surface area contributed by atoms with Gasteiger partial charge in [0.1, 0.15) is 6.04 Å². The summed E-state index contributed by atoms with van der Waals surface area (Å²) in [5, 5.41) is 2.92. The van der Waals surface area contributed by atoms with Crippen LogP contribution < -0.4 is 20.5 Å². The third kappa shape index (κ3) is 4.02. The van der Waals surface area contributed by atoms with Gasteiger partial charge in [0, 0.05) is 0 Å². The van der Waals surface area contributed by atoms with Gasteiger partial charge in [-0.1, -0.05) is 36.4 Å². The summed E-state index contributed by atoms with van der Waals surface area (Å²) in [7, 11) is 3.16. The number of carbonyl (C=O) groups excluding carboxylic acids is 1. The molecule has 0 fully saturated rings. The minimum absolute atomic E-state index is 0.197. The van der Waals surface area contributed by atoms with Gasteiger partial charge in [0.25, 0.3) is 0 Å². The van der Waals surface area contributed by atoms with Crippen molar-refractivity contribution in [2.45, 2.75) is 19.0 Å². The Morgan fingerprint density at radius 1 is 1.00 bits per heavy atom. The van der Waals surface area contributed by atoms with Gasteiger partial charge < -0.3 is 20.5 Å². The molecule has 2 atom stereocenters. The van der Waals surface area contributed by atoms with E-state index in [0.29, 0.717) is 11.5 Å². The van der Waals surface area contributed by atoms with E-state index >= 15 is 0 Å². The van der Waals surface area contributed by atoms with Gasteiger partial charge in [-0.15, -0.1) is 0 Å². The average Bonchev–Trinajstić information content (AvgIpc) is 2.60. The molecule has 0 aliphatic carbocycles. The minimum Gasteiger partial charge on any atom is -0.493 e. The summed E-state index contributed by atoms with van der Waals surface area (Å²) < 4.78 is 10.5. The van der Waals surface area contributed by atoms with E-state index in [4.69, 9.17) is 15.2 Å².